The van der Waals surface area contributed by atoms with Gasteiger partial charge in [-0.15, -0.1) is 0 Å². The Morgan fingerprint density at radius 2 is 2.12 bits per heavy atom. The van der Waals surface area contributed by atoms with Crippen LogP contribution in [0.5, 0.6) is 5.75 Å². The van der Waals surface area contributed by atoms with Gasteiger partial charge in [-0.1, -0.05) is 6.07 Å². The zero-order valence-electron chi connectivity index (χ0n) is 8.95. The normalized spacial score (nSPS) is 15.4. The zero-order valence-corrected chi connectivity index (χ0v) is 9.76. The van der Waals surface area contributed by atoms with Crippen LogP contribution in [0, 0.1) is 6.92 Å². The van der Waals surface area contributed by atoms with Crippen LogP contribution in [0.1, 0.15) is 16.7 Å². The lowest BCUT2D eigenvalue weighted by Crippen LogP contribution is -2.22. The Balaban J connectivity index is 2.71. The van der Waals surface area contributed by atoms with Crippen molar-refractivity contribution in [2.75, 3.05) is 13.1 Å². The summed E-state index contributed by atoms with van der Waals surface area (Å²) in [5, 5.41) is 12.7. The molecule has 0 saturated carbocycles. The van der Waals surface area contributed by atoms with E-state index in [2.05, 4.69) is 5.32 Å². The Bertz CT molecular complexity index is 553. The molecule has 1 aliphatic rings. The number of benzene rings is 1. The molecule has 1 heterocycles. The number of rotatable bonds is 0. The fourth-order valence-electron chi connectivity index (χ4n) is 1.89. The number of hydrogen-bond donors (Lipinski definition) is 2. The molecular weight excluding hydrogens is 226 g/mol. The Kier molecular flexibility index (Phi) is 2.98. The maximum Gasteiger partial charge on any atom is 0.219 e. The first-order chi connectivity index (χ1) is 7.59. The molecule has 5 heteroatoms. The zero-order chi connectivity index (χ0) is 11.7. The Labute approximate surface area is 95.5 Å². The second kappa shape index (κ2) is 4.27. The van der Waals surface area contributed by atoms with Crippen LogP contribution in [-0.4, -0.2) is 31.5 Å². The minimum Gasteiger partial charge on any atom is -0.508 e. The van der Waals surface area contributed by atoms with Crippen molar-refractivity contribution < 1.29 is 13.5 Å². The smallest absolute Gasteiger partial charge is 0.219 e. The summed E-state index contributed by atoms with van der Waals surface area (Å²) in [6.07, 6.45) is 0.775. The lowest BCUT2D eigenvalue weighted by molar-refractivity contribution is 0.471. The first-order valence-corrected chi connectivity index (χ1v) is 6.15. The summed E-state index contributed by atoms with van der Waals surface area (Å²) in [5.41, 5.74) is 2.39. The van der Waals surface area contributed by atoms with Gasteiger partial charge in [0.2, 0.25) is 10.3 Å². The number of phenols is 1. The van der Waals surface area contributed by atoms with E-state index < -0.39 is 10.3 Å². The van der Waals surface area contributed by atoms with Gasteiger partial charge in [-0.2, -0.15) is 8.42 Å². The highest BCUT2D eigenvalue weighted by Gasteiger charge is 2.16. The Morgan fingerprint density at radius 1 is 1.38 bits per heavy atom. The Hall–Kier alpha value is -1.33. The van der Waals surface area contributed by atoms with Gasteiger partial charge in [0.15, 0.2) is 0 Å². The van der Waals surface area contributed by atoms with Crippen LogP contribution >= 0.6 is 0 Å². The summed E-state index contributed by atoms with van der Waals surface area (Å²) >= 11 is 0. The molecule has 4 nitrogen and oxygen atoms in total. The van der Waals surface area contributed by atoms with Crippen LogP contribution in [0.25, 0.3) is 0 Å². The third-order valence-corrected chi connectivity index (χ3v) is 3.55. The van der Waals surface area contributed by atoms with E-state index in [1.807, 2.05) is 13.0 Å². The van der Waals surface area contributed by atoms with Crippen LogP contribution in [0.2, 0.25) is 0 Å². The average Bonchev–Trinajstić information content (AvgIpc) is 2.41. The van der Waals surface area contributed by atoms with Crippen molar-refractivity contribution in [3.05, 3.63) is 28.8 Å². The fraction of sp³-hybridized carbons (Fsp3) is 0.364. The van der Waals surface area contributed by atoms with Gasteiger partial charge in [0.25, 0.3) is 0 Å². The number of aromatic hydroxyl groups is 1. The molecule has 0 unspecified atom stereocenters. The van der Waals surface area contributed by atoms with E-state index in [9.17, 15) is 13.5 Å². The van der Waals surface area contributed by atoms with Crippen molar-refractivity contribution in [2.24, 2.45) is 0 Å². The number of fused-ring (bicyclic) bond motifs is 1. The van der Waals surface area contributed by atoms with Crippen molar-refractivity contribution in [3.63, 3.8) is 0 Å². The van der Waals surface area contributed by atoms with E-state index in [4.69, 9.17) is 0 Å². The summed E-state index contributed by atoms with van der Waals surface area (Å²) in [7, 11) is -2.25. The van der Waals surface area contributed by atoms with E-state index in [-0.39, 0.29) is 5.75 Å². The number of hydrogen-bond acceptors (Lipinski definition) is 4. The third-order valence-electron chi connectivity index (χ3n) is 2.78. The quantitative estimate of drug-likeness (QED) is 0.637. The molecule has 0 fully saturated rings. The van der Waals surface area contributed by atoms with Crippen molar-refractivity contribution in [3.8, 4) is 5.75 Å². The molecule has 1 aromatic rings. The molecule has 86 valence electrons. The molecule has 0 amide bonds. The maximum atomic E-state index is 11.1. The monoisotopic (exact) mass is 239 g/mol. The molecule has 0 radical (unpaired) electrons. The molecule has 0 spiro atoms. The van der Waals surface area contributed by atoms with E-state index in [0.717, 1.165) is 24.1 Å². The fourth-order valence-corrected chi connectivity index (χ4v) is 2.48. The molecule has 0 aromatic heterocycles. The highest BCUT2D eigenvalue weighted by molar-refractivity contribution is 7.73. The van der Waals surface area contributed by atoms with Gasteiger partial charge >= 0.3 is 0 Å². The topological polar surface area (TPSA) is 66.4 Å². The molecular formula is C11H13NO3S. The van der Waals surface area contributed by atoms with Gasteiger partial charge in [0.1, 0.15) is 5.75 Å². The molecule has 1 aliphatic heterocycles. The van der Waals surface area contributed by atoms with Gasteiger partial charge in [0, 0.05) is 12.1 Å². The third kappa shape index (κ3) is 1.96. The van der Waals surface area contributed by atoms with Crippen molar-refractivity contribution >= 4 is 15.2 Å². The van der Waals surface area contributed by atoms with Gasteiger partial charge in [0.05, 0.1) is 4.86 Å². The number of phenolic OH excluding ortho intramolecular Hbond substituents is 1. The molecule has 0 atom stereocenters. The minimum atomic E-state index is -2.25. The van der Waals surface area contributed by atoms with E-state index in [1.165, 1.54) is 0 Å². The van der Waals surface area contributed by atoms with Gasteiger partial charge in [-0.25, -0.2) is 0 Å². The lowest BCUT2D eigenvalue weighted by atomic mass is 10.00. The highest BCUT2D eigenvalue weighted by atomic mass is 32.2. The van der Waals surface area contributed by atoms with Gasteiger partial charge in [-0.05, 0) is 37.1 Å². The highest BCUT2D eigenvalue weighted by Crippen LogP contribution is 2.23. The molecule has 16 heavy (non-hydrogen) atoms. The van der Waals surface area contributed by atoms with Crippen LogP contribution in [0.4, 0.5) is 0 Å². The van der Waals surface area contributed by atoms with Gasteiger partial charge in [-0.3, -0.25) is 0 Å². The van der Waals surface area contributed by atoms with Crippen molar-refractivity contribution in [1.29, 1.82) is 0 Å². The summed E-state index contributed by atoms with van der Waals surface area (Å²) in [5.74, 6) is 0.142. The molecule has 1 aromatic carbocycles. The molecule has 2 rings (SSSR count). The predicted molar refractivity (Wildman–Crippen MR) is 62.4 cm³/mol. The second-order valence-electron chi connectivity index (χ2n) is 3.88. The maximum absolute atomic E-state index is 11.1. The summed E-state index contributed by atoms with van der Waals surface area (Å²) in [4.78, 5) is 0.322. The average molecular weight is 239 g/mol. The predicted octanol–water partition coefficient (Wildman–Crippen LogP) is 0.246. The molecule has 0 bridgehead atoms. The van der Waals surface area contributed by atoms with Crippen molar-refractivity contribution in [2.45, 2.75) is 13.3 Å². The molecule has 0 aliphatic carbocycles. The first kappa shape index (κ1) is 11.2. The van der Waals surface area contributed by atoms with Crippen LogP contribution in [0.15, 0.2) is 12.1 Å². The first-order valence-electron chi connectivity index (χ1n) is 5.08. The molecule has 2 N–H and O–H groups in total. The summed E-state index contributed by atoms with van der Waals surface area (Å²) in [6, 6.07) is 3.40. The number of nitrogens with one attached hydrogen (secondary N) is 1. The van der Waals surface area contributed by atoms with Crippen LogP contribution in [-0.2, 0) is 16.7 Å². The lowest BCUT2D eigenvalue weighted by Gasteiger charge is -2.08. The SMILES string of the molecule is Cc1cc2c(cc1O)C(=S(=O)=O)CNCC2. The largest absolute Gasteiger partial charge is 0.508 e. The molecule has 0 saturated heterocycles. The van der Waals surface area contributed by atoms with E-state index >= 15 is 0 Å². The number of aryl methyl sites for hydroxylation is 1. The van der Waals surface area contributed by atoms with E-state index in [1.54, 1.807) is 6.07 Å². The van der Waals surface area contributed by atoms with Gasteiger partial charge < -0.3 is 10.4 Å². The second-order valence-corrected chi connectivity index (χ2v) is 4.84. The summed E-state index contributed by atoms with van der Waals surface area (Å²) < 4.78 is 22.2. The summed E-state index contributed by atoms with van der Waals surface area (Å²) in [6.45, 7) is 2.88. The minimum absolute atomic E-state index is 0.142. The standard InChI is InChI=1S/C11H13NO3S/c1-7-4-8-2-3-12-6-11(16(14)15)9(8)5-10(7)13/h4-5,12-13H,2-3,6H2,1H3. The van der Waals surface area contributed by atoms with Crippen LogP contribution < -0.4 is 5.32 Å². The van der Waals surface area contributed by atoms with Crippen molar-refractivity contribution in [1.82, 2.24) is 5.32 Å². The Morgan fingerprint density at radius 3 is 2.81 bits per heavy atom. The van der Waals surface area contributed by atoms with Crippen LogP contribution in [0.3, 0.4) is 0 Å². The van der Waals surface area contributed by atoms with E-state index in [0.29, 0.717) is 17.0 Å².